The van der Waals surface area contributed by atoms with Gasteiger partial charge in [0.05, 0.1) is 10.6 Å². The lowest BCUT2D eigenvalue weighted by atomic mass is 9.86. The normalized spacial score (nSPS) is 20.5. The van der Waals surface area contributed by atoms with Crippen LogP contribution in [0.2, 0.25) is 5.02 Å². The quantitative estimate of drug-likeness (QED) is 0.504. The van der Waals surface area contributed by atoms with Gasteiger partial charge >= 0.3 is 0 Å². The van der Waals surface area contributed by atoms with Gasteiger partial charge in [0.25, 0.3) is 5.91 Å². The van der Waals surface area contributed by atoms with Crippen LogP contribution >= 0.6 is 23.4 Å². The Morgan fingerprint density at radius 1 is 1.19 bits per heavy atom. The third kappa shape index (κ3) is 4.32. The number of nitrogens with zero attached hydrogens (tertiary/aromatic N) is 3. The highest BCUT2D eigenvalue weighted by atomic mass is 35.5. The van der Waals surface area contributed by atoms with Crippen LogP contribution < -0.4 is 0 Å². The molecule has 0 bridgehead atoms. The summed E-state index contributed by atoms with van der Waals surface area (Å²) in [7, 11) is 0. The minimum absolute atomic E-state index is 0.0239. The highest BCUT2D eigenvalue weighted by Gasteiger charge is 2.35. The van der Waals surface area contributed by atoms with E-state index in [-0.39, 0.29) is 11.4 Å². The second kappa shape index (κ2) is 9.08. The van der Waals surface area contributed by atoms with Crippen LogP contribution in [0.25, 0.3) is 17.4 Å². The zero-order chi connectivity index (χ0) is 22.1. The molecule has 1 N–H and O–H groups in total. The zero-order valence-electron chi connectivity index (χ0n) is 17.5. The molecule has 1 aromatic heterocycles. The molecule has 1 saturated carbocycles. The number of fused-ring (bicyclic) bond motifs is 1. The van der Waals surface area contributed by atoms with Crippen molar-refractivity contribution in [3.63, 3.8) is 0 Å². The first-order valence-electron chi connectivity index (χ1n) is 10.9. The first kappa shape index (κ1) is 21.2. The van der Waals surface area contributed by atoms with Crippen molar-refractivity contribution in [2.24, 2.45) is 16.0 Å². The van der Waals surface area contributed by atoms with Gasteiger partial charge in [0.1, 0.15) is 16.6 Å². The van der Waals surface area contributed by atoms with Crippen LogP contribution in [0.1, 0.15) is 50.7 Å². The van der Waals surface area contributed by atoms with Gasteiger partial charge in [-0.1, -0.05) is 55.8 Å². The average molecular weight is 467 g/mol. The molecule has 2 aromatic rings. The number of halogens is 1. The number of carbonyl (C=O) groups is 1. The molecule has 5 rings (SSSR count). The predicted octanol–water partition coefficient (Wildman–Crippen LogP) is 6.58. The van der Waals surface area contributed by atoms with Crippen molar-refractivity contribution in [1.82, 2.24) is 5.01 Å². The molecule has 164 valence electrons. The van der Waals surface area contributed by atoms with Gasteiger partial charge in [0.15, 0.2) is 5.84 Å². The maximum Gasteiger partial charge on any atom is 0.283 e. The van der Waals surface area contributed by atoms with Crippen molar-refractivity contribution >= 4 is 51.4 Å². The highest BCUT2D eigenvalue weighted by Crippen LogP contribution is 2.34. The molecule has 0 radical (unpaired) electrons. The second-order valence-electron chi connectivity index (χ2n) is 8.24. The number of hydrogen-bond acceptors (Lipinski definition) is 5. The Hall–Kier alpha value is -2.64. The standard InChI is InChI=1S/C24H23ClN4O2S/c25-19-9-5-4-8-17(19)20-12-11-16(31-20)14-18-22(26)29-24(27-23(18)30)32-21(28-29)13-10-15-6-2-1-3-7-15/h4-5,8-9,11-12,14-15,26H,1-3,6-7,10,13H2. The van der Waals surface area contributed by atoms with Crippen LogP contribution in [0.5, 0.6) is 0 Å². The molecule has 32 heavy (non-hydrogen) atoms. The number of amides is 1. The molecule has 0 atom stereocenters. The molecule has 1 fully saturated rings. The molecule has 1 aromatic carbocycles. The van der Waals surface area contributed by atoms with E-state index < -0.39 is 5.91 Å². The third-order valence-electron chi connectivity index (χ3n) is 6.04. The summed E-state index contributed by atoms with van der Waals surface area (Å²) in [5.74, 6) is 1.39. The summed E-state index contributed by atoms with van der Waals surface area (Å²) < 4.78 is 5.87. The van der Waals surface area contributed by atoms with Crippen molar-refractivity contribution < 1.29 is 9.21 Å². The minimum atomic E-state index is -0.451. The fraction of sp³-hybridized carbons (Fsp3) is 0.333. The van der Waals surface area contributed by atoms with Crippen molar-refractivity contribution in [2.75, 3.05) is 0 Å². The van der Waals surface area contributed by atoms with Gasteiger partial charge in [0, 0.05) is 5.56 Å². The predicted molar refractivity (Wildman–Crippen MR) is 130 cm³/mol. The Kier molecular flexibility index (Phi) is 6.02. The Morgan fingerprint density at radius 3 is 2.81 bits per heavy atom. The second-order valence-corrected chi connectivity index (χ2v) is 9.69. The van der Waals surface area contributed by atoms with Crippen LogP contribution in [0.4, 0.5) is 0 Å². The van der Waals surface area contributed by atoms with E-state index in [0.29, 0.717) is 21.7 Å². The topological polar surface area (TPSA) is 82.0 Å². The van der Waals surface area contributed by atoms with Crippen molar-refractivity contribution in [2.45, 2.75) is 44.9 Å². The van der Waals surface area contributed by atoms with E-state index in [4.69, 9.17) is 21.4 Å². The van der Waals surface area contributed by atoms with E-state index >= 15 is 0 Å². The summed E-state index contributed by atoms with van der Waals surface area (Å²) in [6, 6.07) is 11.0. The van der Waals surface area contributed by atoms with E-state index in [1.54, 1.807) is 24.3 Å². The maximum atomic E-state index is 12.6. The van der Waals surface area contributed by atoms with E-state index in [2.05, 4.69) is 10.1 Å². The number of carbonyl (C=O) groups excluding carboxylic acids is 1. The minimum Gasteiger partial charge on any atom is -0.457 e. The number of furan rings is 1. The Bertz CT molecular complexity index is 1160. The lowest BCUT2D eigenvalue weighted by Crippen LogP contribution is -2.35. The molecule has 0 saturated heterocycles. The number of hydrazone groups is 1. The number of benzene rings is 1. The van der Waals surface area contributed by atoms with Gasteiger partial charge in [-0.05, 0) is 60.9 Å². The van der Waals surface area contributed by atoms with Crippen LogP contribution in [-0.2, 0) is 4.79 Å². The van der Waals surface area contributed by atoms with Crippen LogP contribution in [0.15, 0.2) is 56.5 Å². The van der Waals surface area contributed by atoms with Crippen LogP contribution in [0.3, 0.4) is 0 Å². The van der Waals surface area contributed by atoms with Crippen molar-refractivity contribution in [3.05, 3.63) is 52.8 Å². The summed E-state index contributed by atoms with van der Waals surface area (Å²) >= 11 is 7.65. The summed E-state index contributed by atoms with van der Waals surface area (Å²) in [6.45, 7) is 0. The molecular formula is C24H23ClN4O2S. The number of amidine groups is 2. The Labute approximate surface area is 195 Å². The van der Waals surface area contributed by atoms with E-state index in [1.165, 1.54) is 48.9 Å². The summed E-state index contributed by atoms with van der Waals surface area (Å²) in [5.41, 5.74) is 0.930. The summed E-state index contributed by atoms with van der Waals surface area (Å²) in [4.78, 5) is 16.8. The largest absolute Gasteiger partial charge is 0.457 e. The fourth-order valence-corrected chi connectivity index (χ4v) is 5.44. The molecule has 1 aliphatic carbocycles. The Morgan fingerprint density at radius 2 is 2.00 bits per heavy atom. The molecule has 6 nitrogen and oxygen atoms in total. The van der Waals surface area contributed by atoms with E-state index in [9.17, 15) is 4.79 Å². The summed E-state index contributed by atoms with van der Waals surface area (Å²) in [5, 5.41) is 16.6. The van der Waals surface area contributed by atoms with Gasteiger partial charge in [0.2, 0.25) is 5.17 Å². The SMILES string of the molecule is N=C1C(=Cc2ccc(-c3ccccc3Cl)o2)C(=O)N=C2SC(CCC3CCCCC3)=NN12. The maximum absolute atomic E-state index is 12.6. The van der Waals surface area contributed by atoms with Crippen molar-refractivity contribution in [1.29, 1.82) is 5.41 Å². The molecule has 8 heteroatoms. The van der Waals surface area contributed by atoms with Gasteiger partial charge in [-0.25, -0.2) is 0 Å². The molecule has 3 heterocycles. The third-order valence-corrected chi connectivity index (χ3v) is 7.34. The molecule has 1 amide bonds. The average Bonchev–Trinajstić information content (AvgIpc) is 3.43. The smallest absolute Gasteiger partial charge is 0.283 e. The lowest BCUT2D eigenvalue weighted by molar-refractivity contribution is -0.114. The highest BCUT2D eigenvalue weighted by molar-refractivity contribution is 8.26. The molecule has 3 aliphatic rings. The van der Waals surface area contributed by atoms with Crippen LogP contribution in [-0.4, -0.2) is 27.0 Å². The number of nitrogens with one attached hydrogen (secondary N) is 1. The molecule has 0 spiro atoms. The van der Waals surface area contributed by atoms with E-state index in [1.807, 2.05) is 18.2 Å². The molecule has 0 unspecified atom stereocenters. The first-order chi connectivity index (χ1) is 15.6. The monoisotopic (exact) mass is 466 g/mol. The summed E-state index contributed by atoms with van der Waals surface area (Å²) in [6.07, 6.45) is 10.1. The van der Waals surface area contributed by atoms with E-state index in [0.717, 1.165) is 29.4 Å². The van der Waals surface area contributed by atoms with Crippen molar-refractivity contribution in [3.8, 4) is 11.3 Å². The Balaban J connectivity index is 1.32. The fourth-order valence-electron chi connectivity index (χ4n) is 4.31. The van der Waals surface area contributed by atoms with Gasteiger partial charge in [-0.15, -0.1) is 0 Å². The van der Waals surface area contributed by atoms with Gasteiger partial charge < -0.3 is 4.42 Å². The number of hydrogen-bond donors (Lipinski definition) is 1. The van der Waals surface area contributed by atoms with Crippen LogP contribution in [0, 0.1) is 11.3 Å². The number of thioether (sulfide) groups is 1. The first-order valence-corrected chi connectivity index (χ1v) is 12.1. The van der Waals surface area contributed by atoms with Gasteiger partial charge in [-0.3, -0.25) is 10.2 Å². The zero-order valence-corrected chi connectivity index (χ0v) is 19.1. The molecular weight excluding hydrogens is 444 g/mol. The molecule has 2 aliphatic heterocycles. The number of rotatable bonds is 5. The number of aliphatic imine (C=N–C) groups is 1. The van der Waals surface area contributed by atoms with Gasteiger partial charge in [-0.2, -0.15) is 15.1 Å². The lowest BCUT2D eigenvalue weighted by Gasteiger charge is -2.20.